The molecule has 0 aliphatic heterocycles. The zero-order valence-corrected chi connectivity index (χ0v) is 6.16. The summed E-state index contributed by atoms with van der Waals surface area (Å²) in [6.45, 7) is 1.98. The minimum absolute atomic E-state index is 0.337. The molecule has 0 fully saturated rings. The minimum Gasteiger partial charge on any atom is -0.242 e. The van der Waals surface area contributed by atoms with E-state index in [9.17, 15) is 8.42 Å². The Kier molecular flexibility index (Phi) is 3.13. The van der Waals surface area contributed by atoms with Crippen molar-refractivity contribution in [3.05, 3.63) is 0 Å². The van der Waals surface area contributed by atoms with Crippen LogP contribution in [0.5, 0.6) is 0 Å². The molecule has 0 aromatic heterocycles. The van der Waals surface area contributed by atoms with Crippen LogP contribution in [-0.2, 0) is 9.69 Å². The molecule has 0 aliphatic rings. The van der Waals surface area contributed by atoms with Crippen molar-refractivity contribution in [2.24, 2.45) is 0 Å². The van der Waals surface area contributed by atoms with Crippen LogP contribution in [0.4, 0.5) is 0 Å². The molecule has 0 heterocycles. The van der Waals surface area contributed by atoms with Crippen molar-refractivity contribution in [2.75, 3.05) is 5.75 Å². The largest absolute Gasteiger partial charge is 0.256 e. The number of hydrogen-bond acceptors (Lipinski definition) is 2. The molecule has 0 saturated carbocycles. The lowest BCUT2D eigenvalue weighted by molar-refractivity contribution is 0.606. The summed E-state index contributed by atoms with van der Waals surface area (Å²) >= 11 is 0. The van der Waals surface area contributed by atoms with Crippen LogP contribution in [-0.4, -0.2) is 21.3 Å². The number of rotatable bonds is 3. The zero-order chi connectivity index (χ0) is 6.62. The summed E-state index contributed by atoms with van der Waals surface area (Å²) in [5.41, 5.74) is 0. The van der Waals surface area contributed by atoms with Crippen molar-refractivity contribution >= 4 is 16.8 Å². The van der Waals surface area contributed by atoms with E-state index in [4.69, 9.17) is 0 Å². The first-order chi connectivity index (χ1) is 3.56. The Morgan fingerprint density at radius 3 is 2.12 bits per heavy atom. The maximum Gasteiger partial charge on any atom is 0.256 e. The summed E-state index contributed by atoms with van der Waals surface area (Å²) < 4.78 is 20.8. The first-order valence-corrected chi connectivity index (χ1v) is 4.80. The first-order valence-electron chi connectivity index (χ1n) is 2.74. The monoisotopic (exact) mass is 134 g/mol. The highest BCUT2D eigenvalue weighted by atomic mass is 32.2. The standard InChI is InChI=1S/C4H11BO2S/c1-2-3-4-8(5,6)7/h2-5H2,1H3. The lowest BCUT2D eigenvalue weighted by atomic mass is 10.4. The quantitative estimate of drug-likeness (QED) is 0.498. The normalized spacial score (nSPS) is 11.6. The molecule has 48 valence electrons. The molecule has 0 atom stereocenters. The van der Waals surface area contributed by atoms with Gasteiger partial charge < -0.3 is 0 Å². The second kappa shape index (κ2) is 3.12. The van der Waals surface area contributed by atoms with Crippen LogP contribution in [0.2, 0.25) is 0 Å². The highest BCUT2D eigenvalue weighted by Gasteiger charge is 1.97. The van der Waals surface area contributed by atoms with Crippen molar-refractivity contribution in [1.29, 1.82) is 0 Å². The van der Waals surface area contributed by atoms with Gasteiger partial charge in [-0.25, -0.2) is 8.42 Å². The third-order valence-corrected chi connectivity index (χ3v) is 1.90. The first kappa shape index (κ1) is 8.01. The Bertz CT molecular complexity index is 138. The van der Waals surface area contributed by atoms with Crippen LogP contribution in [0.1, 0.15) is 19.8 Å². The van der Waals surface area contributed by atoms with Gasteiger partial charge in [0.15, 0.2) is 0 Å². The van der Waals surface area contributed by atoms with Gasteiger partial charge in [0.2, 0.25) is 0 Å². The molecule has 0 bridgehead atoms. The third kappa shape index (κ3) is 6.01. The lowest BCUT2D eigenvalue weighted by Crippen LogP contribution is -2.03. The fraction of sp³-hybridized carbons (Fsp3) is 1.00. The van der Waals surface area contributed by atoms with E-state index in [1.54, 1.807) is 0 Å². The van der Waals surface area contributed by atoms with E-state index in [1.807, 2.05) is 6.92 Å². The van der Waals surface area contributed by atoms with Gasteiger partial charge in [-0.15, -0.1) is 0 Å². The van der Waals surface area contributed by atoms with E-state index in [1.165, 1.54) is 7.12 Å². The molecule has 0 aliphatic carbocycles. The van der Waals surface area contributed by atoms with Crippen LogP contribution in [0, 0.1) is 0 Å². The van der Waals surface area contributed by atoms with Crippen LogP contribution >= 0.6 is 0 Å². The predicted octanol–water partition coefficient (Wildman–Crippen LogP) is -0.251. The van der Waals surface area contributed by atoms with Crippen LogP contribution in [0.15, 0.2) is 0 Å². The molecule has 0 aromatic rings. The molecule has 8 heavy (non-hydrogen) atoms. The molecule has 0 aromatic carbocycles. The topological polar surface area (TPSA) is 34.1 Å². The number of unbranched alkanes of at least 4 members (excludes halogenated alkanes) is 1. The summed E-state index contributed by atoms with van der Waals surface area (Å²) in [4.78, 5) is 0. The van der Waals surface area contributed by atoms with Crippen molar-refractivity contribution in [3.63, 3.8) is 0 Å². The Balaban J connectivity index is 3.42. The van der Waals surface area contributed by atoms with Crippen molar-refractivity contribution < 1.29 is 8.42 Å². The van der Waals surface area contributed by atoms with E-state index in [0.29, 0.717) is 5.75 Å². The maximum atomic E-state index is 10.4. The summed E-state index contributed by atoms with van der Waals surface area (Å²) in [7, 11) is -1.42. The highest BCUT2D eigenvalue weighted by Crippen LogP contribution is 1.90. The van der Waals surface area contributed by atoms with E-state index >= 15 is 0 Å². The Hall–Kier alpha value is 0.0149. The summed E-state index contributed by atoms with van der Waals surface area (Å²) in [6, 6.07) is 0. The lowest BCUT2D eigenvalue weighted by Gasteiger charge is -1.91. The Labute approximate surface area is 51.5 Å². The Morgan fingerprint density at radius 2 is 2.00 bits per heavy atom. The van der Waals surface area contributed by atoms with Crippen LogP contribution in [0.25, 0.3) is 0 Å². The molecule has 0 spiro atoms. The van der Waals surface area contributed by atoms with Gasteiger partial charge in [0.05, 0.1) is 9.69 Å². The molecule has 0 rings (SSSR count). The van der Waals surface area contributed by atoms with Gasteiger partial charge >= 0.3 is 0 Å². The van der Waals surface area contributed by atoms with Gasteiger partial charge in [0, 0.05) is 5.75 Å². The van der Waals surface area contributed by atoms with Crippen molar-refractivity contribution in [2.45, 2.75) is 19.8 Å². The van der Waals surface area contributed by atoms with Gasteiger partial charge in [-0.2, -0.15) is 0 Å². The van der Waals surface area contributed by atoms with Gasteiger partial charge in [-0.1, -0.05) is 13.3 Å². The molecule has 0 N–H and O–H groups in total. The van der Waals surface area contributed by atoms with Gasteiger partial charge in [0.1, 0.15) is 0 Å². The number of hydrogen-bond donors (Lipinski definition) is 0. The fourth-order valence-electron chi connectivity index (χ4n) is 0.407. The maximum absolute atomic E-state index is 10.4. The van der Waals surface area contributed by atoms with Gasteiger partial charge in [-0.05, 0) is 6.42 Å². The summed E-state index contributed by atoms with van der Waals surface area (Å²) in [5, 5.41) is 0. The van der Waals surface area contributed by atoms with E-state index < -0.39 is 9.69 Å². The van der Waals surface area contributed by atoms with E-state index in [2.05, 4.69) is 0 Å². The zero-order valence-electron chi connectivity index (χ0n) is 5.35. The molecular weight excluding hydrogens is 123 g/mol. The van der Waals surface area contributed by atoms with Crippen LogP contribution < -0.4 is 0 Å². The van der Waals surface area contributed by atoms with Crippen molar-refractivity contribution in [3.8, 4) is 0 Å². The average molecular weight is 134 g/mol. The highest BCUT2D eigenvalue weighted by molar-refractivity contribution is 8.12. The van der Waals surface area contributed by atoms with Crippen LogP contribution in [0.3, 0.4) is 0 Å². The average Bonchev–Trinajstić information content (AvgIpc) is 1.59. The predicted molar refractivity (Wildman–Crippen MR) is 37.2 cm³/mol. The molecule has 2 nitrogen and oxygen atoms in total. The van der Waals surface area contributed by atoms with E-state index in [-0.39, 0.29) is 0 Å². The SMILES string of the molecule is BS(=O)(=O)CCCC. The fourth-order valence-corrected chi connectivity index (χ4v) is 1.22. The van der Waals surface area contributed by atoms with Gasteiger partial charge in [-0.3, -0.25) is 0 Å². The molecule has 0 radical (unpaired) electrons. The summed E-state index contributed by atoms with van der Waals surface area (Å²) in [6.07, 6.45) is 1.74. The van der Waals surface area contributed by atoms with Gasteiger partial charge in [0.25, 0.3) is 7.12 Å². The van der Waals surface area contributed by atoms with Crippen molar-refractivity contribution in [1.82, 2.24) is 0 Å². The minimum atomic E-state index is -2.69. The smallest absolute Gasteiger partial charge is 0.242 e. The molecule has 0 amide bonds. The second-order valence-corrected chi connectivity index (χ2v) is 4.24. The van der Waals surface area contributed by atoms with E-state index in [0.717, 1.165) is 12.8 Å². The third-order valence-electron chi connectivity index (χ3n) is 0.869. The molecule has 4 heteroatoms. The Morgan fingerprint density at radius 1 is 1.50 bits per heavy atom. The molecular formula is C4H11BO2S. The second-order valence-electron chi connectivity index (χ2n) is 1.98. The molecule has 0 unspecified atom stereocenters. The summed E-state index contributed by atoms with van der Waals surface area (Å²) in [5.74, 6) is 0.337. The molecule has 0 saturated heterocycles.